The molecule has 94 valence electrons. The third kappa shape index (κ3) is 4.73. The maximum Gasteiger partial charge on any atom is 0.238 e. The molecule has 1 saturated carbocycles. The summed E-state index contributed by atoms with van der Waals surface area (Å²) in [5.41, 5.74) is -0.186. The Balaban J connectivity index is 2.48. The number of nitrogens with one attached hydrogen (secondary N) is 1. The fourth-order valence-electron chi connectivity index (χ4n) is 2.26. The Kier molecular flexibility index (Phi) is 5.10. The van der Waals surface area contributed by atoms with E-state index in [-0.39, 0.29) is 16.8 Å². The summed E-state index contributed by atoms with van der Waals surface area (Å²) in [5, 5.41) is 2.62. The third-order valence-corrected chi connectivity index (χ3v) is 3.62. The van der Waals surface area contributed by atoms with Crippen molar-refractivity contribution < 1.29 is 4.79 Å². The molecule has 0 radical (unpaired) electrons. The van der Waals surface area contributed by atoms with Crippen LogP contribution in [0.4, 0.5) is 0 Å². The van der Waals surface area contributed by atoms with Gasteiger partial charge in [0.2, 0.25) is 5.91 Å². The number of halogens is 1. The van der Waals surface area contributed by atoms with Crippen LogP contribution in [0.5, 0.6) is 0 Å². The first kappa shape index (κ1) is 13.8. The summed E-state index contributed by atoms with van der Waals surface area (Å²) >= 11 is 6.28. The standard InChI is InChI=1S/C13H24ClNO/c1-13(2,3)15-12(16)11(14)10-8-6-4-5-7-9-10/h10-11H,4-9H2,1-3H3,(H,15,16). The lowest BCUT2D eigenvalue weighted by atomic mass is 9.95. The summed E-state index contributed by atoms with van der Waals surface area (Å²) in [6.45, 7) is 5.96. The Bertz CT molecular complexity index is 227. The monoisotopic (exact) mass is 245 g/mol. The van der Waals surface area contributed by atoms with Crippen molar-refractivity contribution in [3.05, 3.63) is 0 Å². The van der Waals surface area contributed by atoms with Crippen molar-refractivity contribution in [3.8, 4) is 0 Å². The minimum atomic E-state index is -0.350. The zero-order valence-electron chi connectivity index (χ0n) is 10.7. The van der Waals surface area contributed by atoms with Crippen molar-refractivity contribution >= 4 is 17.5 Å². The molecule has 0 aromatic heterocycles. The van der Waals surface area contributed by atoms with Crippen molar-refractivity contribution in [2.75, 3.05) is 0 Å². The van der Waals surface area contributed by atoms with E-state index < -0.39 is 0 Å². The lowest BCUT2D eigenvalue weighted by molar-refractivity contribution is -0.123. The molecule has 0 spiro atoms. The second-order valence-corrected chi connectivity index (χ2v) is 6.36. The van der Waals surface area contributed by atoms with Crippen LogP contribution in [0.15, 0.2) is 0 Å². The van der Waals surface area contributed by atoms with Crippen LogP contribution in [-0.2, 0) is 4.79 Å². The minimum Gasteiger partial charge on any atom is -0.350 e. The SMILES string of the molecule is CC(C)(C)NC(=O)C(Cl)C1CCCCCC1. The molecule has 1 fully saturated rings. The molecule has 1 unspecified atom stereocenters. The topological polar surface area (TPSA) is 29.1 Å². The number of carbonyl (C=O) groups is 1. The molecule has 1 rings (SSSR count). The second-order valence-electron chi connectivity index (χ2n) is 5.89. The van der Waals surface area contributed by atoms with Gasteiger partial charge < -0.3 is 5.32 Å². The highest BCUT2D eigenvalue weighted by Gasteiger charge is 2.28. The number of alkyl halides is 1. The first-order chi connectivity index (χ1) is 7.40. The highest BCUT2D eigenvalue weighted by atomic mass is 35.5. The largest absolute Gasteiger partial charge is 0.350 e. The highest BCUT2D eigenvalue weighted by Crippen LogP contribution is 2.28. The molecule has 0 aliphatic heterocycles. The Morgan fingerprint density at radius 2 is 1.69 bits per heavy atom. The number of hydrogen-bond donors (Lipinski definition) is 1. The Morgan fingerprint density at radius 3 is 2.12 bits per heavy atom. The van der Waals surface area contributed by atoms with Crippen molar-refractivity contribution in [3.63, 3.8) is 0 Å². The molecule has 1 N–H and O–H groups in total. The zero-order valence-corrected chi connectivity index (χ0v) is 11.4. The van der Waals surface area contributed by atoms with Gasteiger partial charge in [-0.25, -0.2) is 0 Å². The van der Waals surface area contributed by atoms with Gasteiger partial charge in [-0.05, 0) is 39.5 Å². The van der Waals surface area contributed by atoms with Crippen LogP contribution in [-0.4, -0.2) is 16.8 Å². The van der Waals surface area contributed by atoms with Crippen LogP contribution in [0, 0.1) is 5.92 Å². The molecule has 2 nitrogen and oxygen atoms in total. The lowest BCUT2D eigenvalue weighted by Gasteiger charge is -2.26. The summed E-state index contributed by atoms with van der Waals surface area (Å²) in [5.74, 6) is 0.368. The molecule has 0 saturated heterocycles. The van der Waals surface area contributed by atoms with Gasteiger partial charge in [-0.2, -0.15) is 0 Å². The van der Waals surface area contributed by atoms with Gasteiger partial charge in [0.05, 0.1) is 0 Å². The molecule has 1 aliphatic carbocycles. The Morgan fingerprint density at radius 1 is 1.19 bits per heavy atom. The van der Waals surface area contributed by atoms with E-state index in [0.717, 1.165) is 12.8 Å². The van der Waals surface area contributed by atoms with Gasteiger partial charge in [0, 0.05) is 5.54 Å². The highest BCUT2D eigenvalue weighted by molar-refractivity contribution is 6.31. The number of carbonyl (C=O) groups excluding carboxylic acids is 1. The molecule has 0 heterocycles. The zero-order chi connectivity index (χ0) is 12.2. The molecule has 1 aliphatic rings. The van der Waals surface area contributed by atoms with Crippen molar-refractivity contribution in [2.45, 2.75) is 70.2 Å². The molecule has 1 amide bonds. The van der Waals surface area contributed by atoms with E-state index in [9.17, 15) is 4.79 Å². The van der Waals surface area contributed by atoms with E-state index in [1.807, 2.05) is 20.8 Å². The fraction of sp³-hybridized carbons (Fsp3) is 0.923. The first-order valence-corrected chi connectivity index (χ1v) is 6.80. The minimum absolute atomic E-state index is 0.000988. The molecule has 0 bridgehead atoms. The molecule has 16 heavy (non-hydrogen) atoms. The average Bonchev–Trinajstić information content (AvgIpc) is 2.41. The van der Waals surface area contributed by atoms with Gasteiger partial charge in [-0.15, -0.1) is 11.6 Å². The van der Waals surface area contributed by atoms with Gasteiger partial charge >= 0.3 is 0 Å². The molecular weight excluding hydrogens is 222 g/mol. The smallest absolute Gasteiger partial charge is 0.238 e. The Hall–Kier alpha value is -0.240. The first-order valence-electron chi connectivity index (χ1n) is 6.36. The van der Waals surface area contributed by atoms with Crippen molar-refractivity contribution in [1.82, 2.24) is 5.32 Å². The van der Waals surface area contributed by atoms with Gasteiger partial charge in [0.15, 0.2) is 0 Å². The van der Waals surface area contributed by atoms with Crippen LogP contribution in [0.3, 0.4) is 0 Å². The number of rotatable bonds is 2. The molecule has 1 atom stereocenters. The fourth-order valence-corrected chi connectivity index (χ4v) is 2.56. The predicted octanol–water partition coefficient (Wildman–Crippen LogP) is 3.48. The van der Waals surface area contributed by atoms with E-state index in [1.54, 1.807) is 0 Å². The maximum absolute atomic E-state index is 11.9. The summed E-state index contributed by atoms with van der Waals surface area (Å²) in [7, 11) is 0. The quantitative estimate of drug-likeness (QED) is 0.586. The van der Waals surface area contributed by atoms with Gasteiger partial charge in [-0.1, -0.05) is 25.7 Å². The summed E-state index contributed by atoms with van der Waals surface area (Å²) in [4.78, 5) is 11.9. The molecule has 0 aromatic rings. The summed E-state index contributed by atoms with van der Waals surface area (Å²) in [6, 6.07) is 0. The average molecular weight is 246 g/mol. The molecule has 0 aromatic carbocycles. The van der Waals surface area contributed by atoms with Crippen molar-refractivity contribution in [1.29, 1.82) is 0 Å². The van der Waals surface area contributed by atoms with Crippen LogP contribution in [0.25, 0.3) is 0 Å². The third-order valence-electron chi connectivity index (χ3n) is 3.06. The van der Waals surface area contributed by atoms with Gasteiger partial charge in [0.25, 0.3) is 0 Å². The predicted molar refractivity (Wildman–Crippen MR) is 68.7 cm³/mol. The molecular formula is C13H24ClNO. The normalized spacial score (nSPS) is 21.2. The van der Waals surface area contributed by atoms with E-state index in [4.69, 9.17) is 11.6 Å². The maximum atomic E-state index is 11.9. The van der Waals surface area contributed by atoms with Crippen LogP contribution in [0.1, 0.15) is 59.3 Å². The number of amides is 1. The van der Waals surface area contributed by atoms with E-state index in [0.29, 0.717) is 5.92 Å². The van der Waals surface area contributed by atoms with E-state index in [1.165, 1.54) is 25.7 Å². The van der Waals surface area contributed by atoms with Gasteiger partial charge in [-0.3, -0.25) is 4.79 Å². The van der Waals surface area contributed by atoms with Crippen LogP contribution < -0.4 is 5.32 Å². The van der Waals surface area contributed by atoms with Gasteiger partial charge in [0.1, 0.15) is 5.38 Å². The number of hydrogen-bond acceptors (Lipinski definition) is 1. The second kappa shape index (κ2) is 5.90. The molecule has 3 heteroatoms. The van der Waals surface area contributed by atoms with Crippen LogP contribution in [0.2, 0.25) is 0 Å². The lowest BCUT2D eigenvalue weighted by Crippen LogP contribution is -2.46. The summed E-state index contributed by atoms with van der Waals surface area (Å²) in [6.07, 6.45) is 7.23. The Labute approximate surface area is 104 Å². The van der Waals surface area contributed by atoms with E-state index in [2.05, 4.69) is 5.32 Å². The summed E-state index contributed by atoms with van der Waals surface area (Å²) < 4.78 is 0. The van der Waals surface area contributed by atoms with E-state index >= 15 is 0 Å². The van der Waals surface area contributed by atoms with Crippen LogP contribution >= 0.6 is 11.6 Å². The van der Waals surface area contributed by atoms with Crippen molar-refractivity contribution in [2.24, 2.45) is 5.92 Å².